The number of hydrogen-bond donors (Lipinski definition) is 1. The van der Waals surface area contributed by atoms with Crippen LogP contribution in [0.4, 0.5) is 0 Å². The van der Waals surface area contributed by atoms with Crippen molar-refractivity contribution in [3.8, 4) is 0 Å². The predicted octanol–water partition coefficient (Wildman–Crippen LogP) is 2.04. The smallest absolute Gasteiger partial charge is 0.135 e. The first-order valence-corrected chi connectivity index (χ1v) is 3.47. The Bertz CT molecular complexity index is 92.3. The van der Waals surface area contributed by atoms with Crippen molar-refractivity contribution < 1.29 is 5.11 Å². The maximum absolute atomic E-state index is 8.60. The Labute approximate surface area is 56.9 Å². The van der Waals surface area contributed by atoms with E-state index in [4.69, 9.17) is 5.11 Å². The van der Waals surface area contributed by atoms with Gasteiger partial charge in [-0.1, -0.05) is 34.9 Å². The highest BCUT2D eigenvalue weighted by molar-refractivity contribution is 14.1. The lowest BCUT2D eigenvalue weighted by atomic mass is 10.4. The van der Waals surface area contributed by atoms with Crippen LogP contribution in [0.1, 0.15) is 6.42 Å². The molecule has 0 spiro atoms. The second kappa shape index (κ2) is 4.22. The molecule has 0 aliphatic carbocycles. The van der Waals surface area contributed by atoms with Gasteiger partial charge in [-0.25, -0.2) is 0 Å². The summed E-state index contributed by atoms with van der Waals surface area (Å²) in [6.07, 6.45) is 0.685. The van der Waals surface area contributed by atoms with E-state index in [0.717, 1.165) is 4.43 Å². The van der Waals surface area contributed by atoms with Gasteiger partial charge in [-0.2, -0.15) is 0 Å². The third kappa shape index (κ3) is 3.89. The summed E-state index contributed by atoms with van der Waals surface area (Å²) in [5, 5.41) is 8.60. The van der Waals surface area contributed by atoms with E-state index >= 15 is 0 Å². The molecule has 0 aliphatic rings. The van der Waals surface area contributed by atoms with Gasteiger partial charge in [0.2, 0.25) is 0 Å². The fraction of sp³-hybridized carbons (Fsp3) is 0.400. The van der Waals surface area contributed by atoms with E-state index in [0.29, 0.717) is 6.42 Å². The van der Waals surface area contributed by atoms with Crippen LogP contribution in [-0.4, -0.2) is 9.53 Å². The van der Waals surface area contributed by atoms with E-state index in [-0.39, 0.29) is 5.76 Å². The molecule has 0 aromatic carbocycles. The molecule has 0 amide bonds. The van der Waals surface area contributed by atoms with Crippen molar-refractivity contribution in [2.45, 2.75) is 6.42 Å². The summed E-state index contributed by atoms with van der Waals surface area (Å²) < 4.78 is 0.923. The summed E-state index contributed by atoms with van der Waals surface area (Å²) in [6, 6.07) is 0. The molecule has 7 heavy (non-hydrogen) atoms. The van der Waals surface area contributed by atoms with Gasteiger partial charge in [0.05, 0.1) is 0 Å². The highest BCUT2D eigenvalue weighted by atomic mass is 127. The van der Waals surface area contributed by atoms with Crippen molar-refractivity contribution in [1.82, 2.24) is 0 Å². The molecule has 0 aromatic heterocycles. The van der Waals surface area contributed by atoms with Crippen molar-refractivity contribution in [3.05, 3.63) is 18.1 Å². The van der Waals surface area contributed by atoms with Gasteiger partial charge in [0.1, 0.15) is 5.76 Å². The zero-order chi connectivity index (χ0) is 5.70. The average molecular weight is 210 g/mol. The molecule has 0 saturated carbocycles. The minimum Gasteiger partial charge on any atom is -0.505 e. The molecular weight excluding hydrogens is 203 g/mol. The van der Waals surface area contributed by atoms with E-state index in [1.54, 1.807) is 0 Å². The Morgan fingerprint density at radius 2 is 2.43 bits per heavy atom. The number of rotatable bonds is 2. The molecule has 1 N–H and O–H groups in total. The van der Waals surface area contributed by atoms with Gasteiger partial charge in [0.25, 0.3) is 0 Å². The van der Waals surface area contributed by atoms with E-state index in [1.807, 2.05) is 0 Å². The van der Waals surface area contributed by atoms with E-state index < -0.39 is 0 Å². The van der Waals surface area contributed by atoms with Gasteiger partial charge in [-0.15, -0.1) is 0 Å². The van der Waals surface area contributed by atoms with E-state index in [9.17, 15) is 0 Å². The Kier molecular flexibility index (Phi) is 4.25. The van der Waals surface area contributed by atoms with E-state index in [2.05, 4.69) is 34.9 Å². The summed E-state index contributed by atoms with van der Waals surface area (Å²) in [6.45, 7) is 3.26. The maximum atomic E-state index is 8.60. The molecule has 0 atom stereocenters. The zero-order valence-electron chi connectivity index (χ0n) is 3.95. The van der Waals surface area contributed by atoms with Crippen LogP contribution in [0.3, 0.4) is 0 Å². The number of aliphatic hydroxyl groups is 1. The second-order valence-electron chi connectivity index (χ2n) is 1.06. The highest BCUT2D eigenvalue weighted by Gasteiger charge is 1.83. The quantitative estimate of drug-likeness (QED) is 0.320. The Balaban J connectivity index is 3.37. The minimum atomic E-state index is 0.259. The lowest BCUT2D eigenvalue weighted by Gasteiger charge is -1.85. The second-order valence-corrected chi connectivity index (χ2v) is 2.14. The van der Waals surface area contributed by atoms with Gasteiger partial charge in [0.15, 0.2) is 0 Å². The van der Waals surface area contributed by atoms with Gasteiger partial charge >= 0.3 is 0 Å². The summed E-state index contributed by atoms with van der Waals surface area (Å²) >= 11 is 2.18. The topological polar surface area (TPSA) is 20.2 Å². The van der Waals surface area contributed by atoms with E-state index in [1.165, 1.54) is 0 Å². The molecule has 0 unspecified atom stereocenters. The van der Waals surface area contributed by atoms with Gasteiger partial charge in [-0.05, 0) is 0 Å². The van der Waals surface area contributed by atoms with Crippen molar-refractivity contribution in [1.29, 1.82) is 0 Å². The zero-order valence-corrected chi connectivity index (χ0v) is 6.10. The Hall–Kier alpha value is 0.0500. The van der Waals surface area contributed by atoms with Crippen molar-refractivity contribution in [2.24, 2.45) is 0 Å². The molecular formula is C5H7IO. The predicted molar refractivity (Wildman–Crippen MR) is 38.8 cm³/mol. The lowest BCUT2D eigenvalue weighted by molar-refractivity contribution is 0.398. The molecule has 1 nitrogen and oxygen atoms in total. The molecule has 2 heteroatoms. The molecule has 0 fully saturated rings. The number of alkyl halides is 1. The van der Waals surface area contributed by atoms with Gasteiger partial charge < -0.3 is 5.11 Å². The number of allylic oxidation sites excluding steroid dienone is 1. The number of aliphatic hydroxyl groups excluding tert-OH is 1. The Morgan fingerprint density at radius 3 is 2.57 bits per heavy atom. The first-order valence-electron chi connectivity index (χ1n) is 1.95. The fourth-order valence-electron chi connectivity index (χ4n) is 0.178. The van der Waals surface area contributed by atoms with Crippen molar-refractivity contribution in [3.63, 3.8) is 0 Å². The molecule has 0 bridgehead atoms. The molecule has 0 saturated heterocycles. The minimum absolute atomic E-state index is 0.259. The van der Waals surface area contributed by atoms with Crippen LogP contribution in [0.25, 0.3) is 0 Å². The molecule has 0 aliphatic heterocycles. The maximum Gasteiger partial charge on any atom is 0.135 e. The largest absolute Gasteiger partial charge is 0.505 e. The lowest BCUT2D eigenvalue weighted by Crippen LogP contribution is -1.76. The fourth-order valence-corrected chi connectivity index (χ4v) is 0.689. The molecule has 0 aromatic rings. The standard InChI is InChI=1S/C5H7IO/c1-2-5(7)3-4-6/h7H,1,3-4H2. The first kappa shape index (κ1) is 7.05. The van der Waals surface area contributed by atoms with Crippen molar-refractivity contribution in [2.75, 3.05) is 4.43 Å². The molecule has 0 radical (unpaired) electrons. The van der Waals surface area contributed by atoms with Crippen LogP contribution in [-0.2, 0) is 0 Å². The first-order chi connectivity index (χ1) is 3.31. The molecule has 0 rings (SSSR count). The Morgan fingerprint density at radius 1 is 1.86 bits per heavy atom. The van der Waals surface area contributed by atoms with Crippen LogP contribution in [0.5, 0.6) is 0 Å². The summed E-state index contributed by atoms with van der Waals surface area (Å²) in [5.74, 6) is 0.259. The monoisotopic (exact) mass is 210 g/mol. The van der Waals surface area contributed by atoms with Gasteiger partial charge in [-0.3, -0.25) is 0 Å². The van der Waals surface area contributed by atoms with Crippen LogP contribution >= 0.6 is 22.6 Å². The van der Waals surface area contributed by atoms with Crippen LogP contribution < -0.4 is 0 Å². The number of halogens is 1. The molecule has 0 heterocycles. The SMILES string of the molecule is C=C=C(O)CCI. The molecule has 40 valence electrons. The summed E-state index contributed by atoms with van der Waals surface area (Å²) in [7, 11) is 0. The summed E-state index contributed by atoms with van der Waals surface area (Å²) in [4.78, 5) is 0. The third-order valence-corrected chi connectivity index (χ3v) is 1.07. The van der Waals surface area contributed by atoms with Crippen molar-refractivity contribution >= 4 is 22.6 Å². The third-order valence-electron chi connectivity index (χ3n) is 0.535. The summed E-state index contributed by atoms with van der Waals surface area (Å²) in [5.41, 5.74) is 2.38. The highest BCUT2D eigenvalue weighted by Crippen LogP contribution is 1.95. The van der Waals surface area contributed by atoms with Crippen LogP contribution in [0.2, 0.25) is 0 Å². The number of hydrogen-bond acceptors (Lipinski definition) is 1. The average Bonchev–Trinajstić information content (AvgIpc) is 1.68. The van der Waals surface area contributed by atoms with Crippen LogP contribution in [0, 0.1) is 0 Å². The van der Waals surface area contributed by atoms with Crippen LogP contribution in [0.15, 0.2) is 18.1 Å². The normalized spacial score (nSPS) is 7.57. The van der Waals surface area contributed by atoms with Gasteiger partial charge in [0, 0.05) is 10.8 Å².